The summed E-state index contributed by atoms with van der Waals surface area (Å²) in [5.41, 5.74) is 3.63. The van der Waals surface area contributed by atoms with Crippen LogP contribution >= 0.6 is 11.3 Å². The van der Waals surface area contributed by atoms with Gasteiger partial charge in [-0.1, -0.05) is 24.3 Å². The van der Waals surface area contributed by atoms with Crippen molar-refractivity contribution in [2.75, 3.05) is 37.5 Å². The molecule has 3 amide bonds. The lowest BCUT2D eigenvalue weighted by atomic mass is 9.81. The topological polar surface area (TPSA) is 79.0 Å². The standard InChI is InChI=1S/C26H25N3O4S/c1-28-20-10-9-17(14-16(20)15-22(28)30)27-25(31)23-18-6-3-4-7-19(18)26(32)29(11-12-33-2)24(23)21-8-5-13-34-21/h3-10,13-14,23-24H,11-12,15H2,1-2H3,(H,27,31). The van der Waals surface area contributed by atoms with Crippen molar-refractivity contribution in [2.45, 2.75) is 18.4 Å². The van der Waals surface area contributed by atoms with Crippen molar-refractivity contribution in [3.63, 3.8) is 0 Å². The van der Waals surface area contributed by atoms with Crippen LogP contribution in [0.15, 0.2) is 60.0 Å². The first-order valence-corrected chi connectivity index (χ1v) is 12.0. The maximum Gasteiger partial charge on any atom is 0.254 e. The lowest BCUT2D eigenvalue weighted by Gasteiger charge is -2.41. The molecule has 7 nitrogen and oxygen atoms in total. The highest BCUT2D eigenvalue weighted by molar-refractivity contribution is 7.10. The van der Waals surface area contributed by atoms with E-state index in [-0.39, 0.29) is 17.7 Å². The number of carbonyl (C=O) groups excluding carboxylic acids is 3. The van der Waals surface area contributed by atoms with Crippen LogP contribution in [0.3, 0.4) is 0 Å². The lowest BCUT2D eigenvalue weighted by Crippen LogP contribution is -2.47. The van der Waals surface area contributed by atoms with E-state index in [1.54, 1.807) is 30.0 Å². The molecule has 0 saturated carbocycles. The molecule has 0 spiro atoms. The zero-order chi connectivity index (χ0) is 23.8. The fourth-order valence-corrected chi connectivity index (χ4v) is 5.73. The Hall–Kier alpha value is -3.49. The molecule has 174 valence electrons. The summed E-state index contributed by atoms with van der Waals surface area (Å²) in [6.45, 7) is 0.750. The summed E-state index contributed by atoms with van der Waals surface area (Å²) in [5.74, 6) is -0.862. The molecule has 3 heterocycles. The summed E-state index contributed by atoms with van der Waals surface area (Å²) >= 11 is 1.53. The normalized spacial score (nSPS) is 19.2. The monoisotopic (exact) mass is 475 g/mol. The predicted octanol–water partition coefficient (Wildman–Crippen LogP) is 3.83. The molecule has 1 N–H and O–H groups in total. The van der Waals surface area contributed by atoms with Gasteiger partial charge in [-0.15, -0.1) is 11.3 Å². The number of nitrogens with zero attached hydrogens (tertiary/aromatic N) is 2. The highest BCUT2D eigenvalue weighted by Gasteiger charge is 2.44. The van der Waals surface area contributed by atoms with Crippen molar-refractivity contribution in [3.05, 3.63) is 81.5 Å². The van der Waals surface area contributed by atoms with Crippen LogP contribution in [0.4, 0.5) is 11.4 Å². The fourth-order valence-electron chi connectivity index (χ4n) is 4.85. The Labute approximate surface area is 201 Å². The second-order valence-electron chi connectivity index (χ2n) is 8.48. The molecule has 2 aliphatic heterocycles. The number of ether oxygens (including phenoxy) is 1. The Bertz CT molecular complexity index is 1260. The van der Waals surface area contributed by atoms with Gasteiger partial charge in [-0.25, -0.2) is 0 Å². The molecule has 2 atom stereocenters. The number of carbonyl (C=O) groups is 3. The van der Waals surface area contributed by atoms with Gasteiger partial charge in [0.05, 0.1) is 25.0 Å². The molecule has 0 aliphatic carbocycles. The molecule has 1 aromatic heterocycles. The Morgan fingerprint density at radius 3 is 2.74 bits per heavy atom. The largest absolute Gasteiger partial charge is 0.383 e. The third-order valence-electron chi connectivity index (χ3n) is 6.52. The first-order chi connectivity index (χ1) is 16.5. The van der Waals surface area contributed by atoms with Crippen LogP contribution in [0.2, 0.25) is 0 Å². The van der Waals surface area contributed by atoms with Gasteiger partial charge >= 0.3 is 0 Å². The Morgan fingerprint density at radius 2 is 1.97 bits per heavy atom. The maximum atomic E-state index is 13.8. The van der Waals surface area contributed by atoms with Crippen LogP contribution in [0, 0.1) is 0 Å². The quantitative estimate of drug-likeness (QED) is 0.588. The van der Waals surface area contributed by atoms with Crippen molar-refractivity contribution < 1.29 is 19.1 Å². The van der Waals surface area contributed by atoms with Crippen molar-refractivity contribution in [3.8, 4) is 0 Å². The first kappa shape index (κ1) is 22.3. The zero-order valence-electron chi connectivity index (χ0n) is 19.0. The molecule has 2 aromatic carbocycles. The molecule has 34 heavy (non-hydrogen) atoms. The molecule has 5 rings (SSSR count). The molecular formula is C26H25N3O4S. The molecule has 8 heteroatoms. The van der Waals surface area contributed by atoms with Gasteiger partial charge in [0.2, 0.25) is 11.8 Å². The molecule has 2 unspecified atom stereocenters. The average molecular weight is 476 g/mol. The number of thiophene rings is 1. The zero-order valence-corrected chi connectivity index (χ0v) is 19.8. The average Bonchev–Trinajstić information content (AvgIpc) is 3.46. The number of methoxy groups -OCH3 is 1. The predicted molar refractivity (Wildman–Crippen MR) is 131 cm³/mol. The first-order valence-electron chi connectivity index (χ1n) is 11.1. The Kier molecular flexibility index (Phi) is 5.93. The van der Waals surface area contributed by atoms with Crippen molar-refractivity contribution in [1.29, 1.82) is 0 Å². The van der Waals surface area contributed by atoms with Gasteiger partial charge in [-0.2, -0.15) is 0 Å². The number of benzene rings is 2. The number of fused-ring (bicyclic) bond motifs is 2. The van der Waals surface area contributed by atoms with Gasteiger partial charge < -0.3 is 19.9 Å². The molecule has 3 aromatic rings. The summed E-state index contributed by atoms with van der Waals surface area (Å²) in [4.78, 5) is 43.7. The number of amides is 3. The van der Waals surface area contributed by atoms with E-state index in [0.717, 1.165) is 16.1 Å². The van der Waals surface area contributed by atoms with Crippen LogP contribution in [0.5, 0.6) is 0 Å². The number of likely N-dealkylation sites (N-methyl/N-ethyl adjacent to an activating group) is 1. The highest BCUT2D eigenvalue weighted by atomic mass is 32.1. The van der Waals surface area contributed by atoms with Gasteiger partial charge in [-0.05, 0) is 46.8 Å². The smallest absolute Gasteiger partial charge is 0.254 e. The van der Waals surface area contributed by atoms with Crippen LogP contribution in [-0.2, 0) is 20.7 Å². The summed E-state index contributed by atoms with van der Waals surface area (Å²) in [6, 6.07) is 16.3. The van der Waals surface area contributed by atoms with E-state index in [9.17, 15) is 14.4 Å². The fraction of sp³-hybridized carbons (Fsp3) is 0.269. The second-order valence-corrected chi connectivity index (χ2v) is 9.46. The number of nitrogens with one attached hydrogen (secondary N) is 1. The van der Waals surface area contributed by atoms with Gasteiger partial charge in [0, 0.05) is 42.5 Å². The Morgan fingerprint density at radius 1 is 1.15 bits per heavy atom. The minimum absolute atomic E-state index is 0.0322. The third-order valence-corrected chi connectivity index (χ3v) is 7.46. The van der Waals surface area contributed by atoms with Crippen molar-refractivity contribution in [2.24, 2.45) is 0 Å². The molecule has 0 radical (unpaired) electrons. The van der Waals surface area contributed by atoms with Crippen LogP contribution in [-0.4, -0.2) is 49.9 Å². The van der Waals surface area contributed by atoms with Gasteiger partial charge in [0.1, 0.15) is 0 Å². The van der Waals surface area contributed by atoms with Gasteiger partial charge in [0.15, 0.2) is 0 Å². The maximum absolute atomic E-state index is 13.8. The number of anilines is 2. The minimum atomic E-state index is -0.595. The molecule has 2 aliphatic rings. The van der Waals surface area contributed by atoms with E-state index in [0.29, 0.717) is 36.4 Å². The molecular weight excluding hydrogens is 450 g/mol. The van der Waals surface area contributed by atoms with E-state index < -0.39 is 12.0 Å². The van der Waals surface area contributed by atoms with Gasteiger partial charge in [-0.3, -0.25) is 14.4 Å². The minimum Gasteiger partial charge on any atom is -0.383 e. The van der Waals surface area contributed by atoms with E-state index in [2.05, 4.69) is 5.32 Å². The van der Waals surface area contributed by atoms with E-state index in [1.807, 2.05) is 53.9 Å². The van der Waals surface area contributed by atoms with Crippen molar-refractivity contribution in [1.82, 2.24) is 4.90 Å². The number of hydrogen-bond acceptors (Lipinski definition) is 5. The van der Waals surface area contributed by atoms with Crippen LogP contribution in [0.25, 0.3) is 0 Å². The third kappa shape index (κ3) is 3.78. The molecule has 0 saturated heterocycles. The van der Waals surface area contributed by atoms with Crippen LogP contribution in [0.1, 0.15) is 38.3 Å². The summed E-state index contributed by atoms with van der Waals surface area (Å²) < 4.78 is 5.28. The summed E-state index contributed by atoms with van der Waals surface area (Å²) in [7, 11) is 3.35. The summed E-state index contributed by atoms with van der Waals surface area (Å²) in [6.07, 6.45) is 0.318. The van der Waals surface area contributed by atoms with E-state index in [4.69, 9.17) is 4.74 Å². The van der Waals surface area contributed by atoms with E-state index in [1.165, 1.54) is 11.3 Å². The Balaban J connectivity index is 1.54. The number of rotatable bonds is 6. The number of hydrogen-bond donors (Lipinski definition) is 1. The van der Waals surface area contributed by atoms with Crippen molar-refractivity contribution >= 4 is 40.4 Å². The molecule has 0 fully saturated rings. The SMILES string of the molecule is COCCN1C(=O)c2ccccc2C(C(=O)Nc2ccc3c(c2)CC(=O)N3C)C1c1cccs1. The second kappa shape index (κ2) is 9.04. The summed E-state index contributed by atoms with van der Waals surface area (Å²) in [5, 5.41) is 5.02. The highest BCUT2D eigenvalue weighted by Crippen LogP contribution is 2.44. The van der Waals surface area contributed by atoms with E-state index >= 15 is 0 Å². The molecule has 0 bridgehead atoms. The van der Waals surface area contributed by atoms with Crippen LogP contribution < -0.4 is 10.2 Å². The van der Waals surface area contributed by atoms with Gasteiger partial charge in [0.25, 0.3) is 5.91 Å². The lowest BCUT2D eigenvalue weighted by molar-refractivity contribution is -0.119.